The van der Waals surface area contributed by atoms with Gasteiger partial charge in [-0.2, -0.15) is 0 Å². The van der Waals surface area contributed by atoms with Gasteiger partial charge in [0.1, 0.15) is 0 Å². The summed E-state index contributed by atoms with van der Waals surface area (Å²) in [6.07, 6.45) is 3.80. The molecule has 1 aromatic carbocycles. The summed E-state index contributed by atoms with van der Waals surface area (Å²) >= 11 is 11.9. The second-order valence-electron chi connectivity index (χ2n) is 6.57. The Morgan fingerprint density at radius 2 is 1.84 bits per heavy atom. The van der Waals surface area contributed by atoms with Crippen molar-refractivity contribution >= 4 is 28.6 Å². The minimum absolute atomic E-state index is 0.0959. The smallest absolute Gasteiger partial charge is 0.316 e. The maximum Gasteiger partial charge on any atom is 0.316 e. The number of carbonyl (C=O) groups is 1. The number of carbonyl (C=O) groups excluding carboxylic acids is 1. The number of hydrogen-bond donors (Lipinski definition) is 0. The van der Waals surface area contributed by atoms with E-state index >= 15 is 0 Å². The Morgan fingerprint density at radius 3 is 2.60 bits per heavy atom. The molecule has 4 rings (SSSR count). The molecule has 0 spiro atoms. The van der Waals surface area contributed by atoms with Crippen molar-refractivity contribution in [3.05, 3.63) is 63.9 Å². The molecule has 4 nitrogen and oxygen atoms in total. The lowest BCUT2D eigenvalue weighted by Crippen LogP contribution is -2.48. The number of halogens is 2. The number of amides is 1. The van der Waals surface area contributed by atoms with E-state index < -0.39 is 0 Å². The van der Waals surface area contributed by atoms with E-state index in [2.05, 4.69) is 23.1 Å². The lowest BCUT2D eigenvalue weighted by molar-refractivity contribution is 0.129. The van der Waals surface area contributed by atoms with Gasteiger partial charge in [0.15, 0.2) is 0 Å². The monoisotopic (exact) mass is 375 g/mol. The SMILES string of the molecule is O=C(Cl)N1CCN(C2c3ccc(Cl)cc3CCc3cccnc32)CC1. The average Bonchev–Trinajstić information content (AvgIpc) is 2.78. The highest BCUT2D eigenvalue weighted by molar-refractivity contribution is 6.62. The fourth-order valence-corrected chi connectivity index (χ4v) is 4.27. The number of aromatic nitrogens is 1. The van der Waals surface area contributed by atoms with E-state index in [1.165, 1.54) is 16.7 Å². The van der Waals surface area contributed by atoms with Gasteiger partial charge in [0.25, 0.3) is 0 Å². The van der Waals surface area contributed by atoms with Crippen LogP contribution in [0.15, 0.2) is 36.5 Å². The molecule has 1 fully saturated rings. The third-order valence-electron chi connectivity index (χ3n) is 5.18. The highest BCUT2D eigenvalue weighted by atomic mass is 35.5. The van der Waals surface area contributed by atoms with Crippen LogP contribution in [-0.2, 0) is 12.8 Å². The summed E-state index contributed by atoms with van der Waals surface area (Å²) in [4.78, 5) is 20.2. The molecule has 0 saturated carbocycles. The fraction of sp³-hybridized carbons (Fsp3) is 0.368. The Bertz CT molecular complexity index is 803. The second-order valence-corrected chi connectivity index (χ2v) is 7.33. The Hall–Kier alpha value is -1.62. The molecular formula is C19H19Cl2N3O. The summed E-state index contributed by atoms with van der Waals surface area (Å²) in [5.41, 5.74) is 4.96. The minimum atomic E-state index is -0.369. The molecule has 1 aliphatic heterocycles. The number of aryl methyl sites for hydroxylation is 2. The van der Waals surface area contributed by atoms with Crippen LogP contribution in [0.4, 0.5) is 4.79 Å². The summed E-state index contributed by atoms with van der Waals surface area (Å²) < 4.78 is 0. The molecule has 1 amide bonds. The number of benzene rings is 1. The first-order valence-electron chi connectivity index (χ1n) is 8.54. The van der Waals surface area contributed by atoms with Crippen molar-refractivity contribution in [3.63, 3.8) is 0 Å². The molecule has 1 aliphatic carbocycles. The van der Waals surface area contributed by atoms with Crippen LogP contribution in [0.2, 0.25) is 5.02 Å². The standard InChI is InChI=1S/C19H19Cl2N3O/c20-15-5-6-16-14(12-15)4-3-13-2-1-7-22-17(13)18(16)23-8-10-24(11-9-23)19(21)25/h1-2,5-7,12,18H,3-4,8-11H2. The van der Waals surface area contributed by atoms with Crippen LogP contribution >= 0.6 is 23.2 Å². The number of pyridine rings is 1. The van der Waals surface area contributed by atoms with Crippen molar-refractivity contribution in [3.8, 4) is 0 Å². The maximum absolute atomic E-state index is 11.4. The van der Waals surface area contributed by atoms with Crippen LogP contribution < -0.4 is 0 Å². The third-order valence-corrected chi connectivity index (χ3v) is 5.65. The summed E-state index contributed by atoms with van der Waals surface area (Å²) in [5, 5.41) is 0.403. The fourth-order valence-electron chi connectivity index (χ4n) is 3.91. The normalized spacial score (nSPS) is 20.6. The zero-order valence-corrected chi connectivity index (χ0v) is 15.3. The summed E-state index contributed by atoms with van der Waals surface area (Å²) in [6.45, 7) is 2.84. The van der Waals surface area contributed by atoms with Crippen molar-refractivity contribution < 1.29 is 4.79 Å². The molecule has 2 aromatic rings. The quantitative estimate of drug-likeness (QED) is 0.560. The highest BCUT2D eigenvalue weighted by Crippen LogP contribution is 2.37. The molecule has 1 atom stereocenters. The second kappa shape index (κ2) is 6.94. The largest absolute Gasteiger partial charge is 0.327 e. The van der Waals surface area contributed by atoms with Gasteiger partial charge in [-0.3, -0.25) is 14.7 Å². The molecule has 6 heteroatoms. The number of fused-ring (bicyclic) bond motifs is 2. The Balaban J connectivity index is 1.74. The van der Waals surface area contributed by atoms with Gasteiger partial charge < -0.3 is 4.90 Å². The number of piperazine rings is 1. The molecule has 0 bridgehead atoms. The minimum Gasteiger partial charge on any atom is -0.327 e. The molecule has 0 N–H and O–H groups in total. The Labute approximate surface area is 157 Å². The molecule has 2 heterocycles. The van der Waals surface area contributed by atoms with Gasteiger partial charge in [-0.1, -0.05) is 23.7 Å². The van der Waals surface area contributed by atoms with E-state index in [1.807, 2.05) is 18.3 Å². The average molecular weight is 376 g/mol. The number of hydrogen-bond acceptors (Lipinski definition) is 3. The first-order valence-corrected chi connectivity index (χ1v) is 9.29. The molecule has 1 saturated heterocycles. The van der Waals surface area contributed by atoms with Crippen LogP contribution in [0.3, 0.4) is 0 Å². The molecule has 1 aromatic heterocycles. The van der Waals surface area contributed by atoms with E-state index in [1.54, 1.807) is 4.90 Å². The van der Waals surface area contributed by atoms with Crippen molar-refractivity contribution in [2.45, 2.75) is 18.9 Å². The van der Waals surface area contributed by atoms with E-state index in [9.17, 15) is 4.79 Å². The van der Waals surface area contributed by atoms with Crippen LogP contribution in [-0.4, -0.2) is 46.3 Å². The highest BCUT2D eigenvalue weighted by Gasteiger charge is 2.32. The van der Waals surface area contributed by atoms with Crippen molar-refractivity contribution in [1.29, 1.82) is 0 Å². The maximum atomic E-state index is 11.4. The molecule has 2 aliphatic rings. The zero-order chi connectivity index (χ0) is 17.4. The molecule has 1 unspecified atom stereocenters. The predicted molar refractivity (Wildman–Crippen MR) is 99.3 cm³/mol. The first kappa shape index (κ1) is 16.8. The van der Waals surface area contributed by atoms with Gasteiger partial charge >= 0.3 is 5.37 Å². The number of rotatable bonds is 1. The molecule has 25 heavy (non-hydrogen) atoms. The molecule has 0 radical (unpaired) electrons. The van der Waals surface area contributed by atoms with E-state index in [0.29, 0.717) is 13.1 Å². The van der Waals surface area contributed by atoms with Gasteiger partial charge in [-0.05, 0) is 59.3 Å². The lowest BCUT2D eigenvalue weighted by atomic mass is 9.96. The Morgan fingerprint density at radius 1 is 1.08 bits per heavy atom. The van der Waals surface area contributed by atoms with Crippen molar-refractivity contribution in [2.75, 3.05) is 26.2 Å². The van der Waals surface area contributed by atoms with Crippen LogP contribution in [0.5, 0.6) is 0 Å². The van der Waals surface area contributed by atoms with Crippen molar-refractivity contribution in [2.24, 2.45) is 0 Å². The van der Waals surface area contributed by atoms with Crippen molar-refractivity contribution in [1.82, 2.24) is 14.8 Å². The molecule has 130 valence electrons. The third kappa shape index (κ3) is 3.26. The van der Waals surface area contributed by atoms with Gasteiger partial charge in [0.2, 0.25) is 0 Å². The first-order chi connectivity index (χ1) is 12.1. The number of nitrogens with zero attached hydrogens (tertiary/aromatic N) is 3. The lowest BCUT2D eigenvalue weighted by Gasteiger charge is -2.39. The van der Waals surface area contributed by atoms with E-state index in [-0.39, 0.29) is 11.4 Å². The van der Waals surface area contributed by atoms with E-state index in [4.69, 9.17) is 28.2 Å². The Kier molecular flexibility index (Phi) is 4.67. The van der Waals surface area contributed by atoms with Crippen LogP contribution in [0, 0.1) is 0 Å². The van der Waals surface area contributed by atoms with E-state index in [0.717, 1.165) is 36.6 Å². The van der Waals surface area contributed by atoms with Gasteiger partial charge in [-0.25, -0.2) is 0 Å². The van der Waals surface area contributed by atoms with Gasteiger partial charge in [0, 0.05) is 37.4 Å². The zero-order valence-electron chi connectivity index (χ0n) is 13.8. The van der Waals surface area contributed by atoms with Gasteiger partial charge in [0.05, 0.1) is 11.7 Å². The van der Waals surface area contributed by atoms with Crippen LogP contribution in [0.1, 0.15) is 28.4 Å². The summed E-state index contributed by atoms with van der Waals surface area (Å²) in [7, 11) is 0. The molecular weight excluding hydrogens is 357 g/mol. The van der Waals surface area contributed by atoms with Gasteiger partial charge in [-0.15, -0.1) is 0 Å². The van der Waals surface area contributed by atoms with Crippen LogP contribution in [0.25, 0.3) is 0 Å². The summed E-state index contributed by atoms with van der Waals surface area (Å²) in [6, 6.07) is 10.4. The topological polar surface area (TPSA) is 36.4 Å². The predicted octanol–water partition coefficient (Wildman–Crippen LogP) is 3.90. The summed E-state index contributed by atoms with van der Waals surface area (Å²) in [5.74, 6) is 0.